The standard InChI is InChI=1S/C12H14N2O6S2/c1-18-9-5-10(11(15)19-2)21-12(9)22(16,17)14-4-3-8-6-13-20-7-8/h5-7,14H,3-4H2,1-2H3. The van der Waals surface area contributed by atoms with E-state index in [-0.39, 0.29) is 21.4 Å². The van der Waals surface area contributed by atoms with Gasteiger partial charge in [0.25, 0.3) is 10.0 Å². The fourth-order valence-corrected chi connectivity index (χ4v) is 4.20. The van der Waals surface area contributed by atoms with E-state index in [1.165, 1.54) is 32.7 Å². The highest BCUT2D eigenvalue weighted by molar-refractivity contribution is 7.91. The fourth-order valence-electron chi connectivity index (χ4n) is 1.63. The zero-order chi connectivity index (χ0) is 16.2. The molecule has 0 atom stereocenters. The van der Waals surface area contributed by atoms with Crippen LogP contribution in [0.25, 0.3) is 0 Å². The number of carbonyl (C=O) groups excluding carboxylic acids is 1. The van der Waals surface area contributed by atoms with E-state index in [9.17, 15) is 13.2 Å². The van der Waals surface area contributed by atoms with Crippen molar-refractivity contribution in [2.45, 2.75) is 10.6 Å². The molecule has 120 valence electrons. The number of carbonyl (C=O) groups is 1. The molecule has 0 aliphatic carbocycles. The predicted molar refractivity (Wildman–Crippen MR) is 77.6 cm³/mol. The number of hydrogen-bond donors (Lipinski definition) is 1. The maximum atomic E-state index is 12.3. The van der Waals surface area contributed by atoms with Gasteiger partial charge in [0.1, 0.15) is 11.1 Å². The van der Waals surface area contributed by atoms with Gasteiger partial charge in [-0.05, 0) is 6.42 Å². The molecule has 0 aliphatic heterocycles. The van der Waals surface area contributed by atoms with Crippen LogP contribution in [0, 0.1) is 0 Å². The summed E-state index contributed by atoms with van der Waals surface area (Å²) in [4.78, 5) is 11.6. The number of ether oxygens (including phenoxy) is 2. The summed E-state index contributed by atoms with van der Waals surface area (Å²) in [5, 5.41) is 3.53. The van der Waals surface area contributed by atoms with Crippen LogP contribution in [0.4, 0.5) is 0 Å². The molecule has 0 saturated heterocycles. The first-order valence-corrected chi connectivity index (χ1v) is 8.42. The van der Waals surface area contributed by atoms with Crippen LogP contribution in [0.15, 0.2) is 27.3 Å². The third-order valence-corrected chi connectivity index (χ3v) is 5.78. The van der Waals surface area contributed by atoms with Gasteiger partial charge in [-0.15, -0.1) is 11.3 Å². The molecule has 2 rings (SSSR count). The summed E-state index contributed by atoms with van der Waals surface area (Å²) < 4.78 is 41.2. The molecule has 22 heavy (non-hydrogen) atoms. The quantitative estimate of drug-likeness (QED) is 0.747. The first-order chi connectivity index (χ1) is 10.5. The number of esters is 1. The van der Waals surface area contributed by atoms with Crippen LogP contribution in [0.2, 0.25) is 0 Å². The van der Waals surface area contributed by atoms with Gasteiger partial charge in [-0.25, -0.2) is 17.9 Å². The van der Waals surface area contributed by atoms with Crippen molar-refractivity contribution in [1.29, 1.82) is 0 Å². The van der Waals surface area contributed by atoms with Gasteiger partial charge in [0.05, 0.1) is 20.4 Å². The monoisotopic (exact) mass is 346 g/mol. The maximum absolute atomic E-state index is 12.3. The first kappa shape index (κ1) is 16.5. The Labute approximate surface area is 131 Å². The van der Waals surface area contributed by atoms with Gasteiger partial charge >= 0.3 is 5.97 Å². The Bertz CT molecular complexity index is 736. The minimum absolute atomic E-state index is 0.0688. The number of sulfonamides is 1. The number of rotatable bonds is 7. The molecule has 8 nitrogen and oxygen atoms in total. The molecule has 10 heteroatoms. The van der Waals surface area contributed by atoms with E-state index < -0.39 is 16.0 Å². The second kappa shape index (κ2) is 6.90. The molecule has 0 unspecified atom stereocenters. The molecule has 0 amide bonds. The summed E-state index contributed by atoms with van der Waals surface area (Å²) >= 11 is 0.791. The Morgan fingerprint density at radius 2 is 2.23 bits per heavy atom. The molecule has 0 spiro atoms. The highest BCUT2D eigenvalue weighted by Gasteiger charge is 2.25. The van der Waals surface area contributed by atoms with Crippen molar-refractivity contribution in [3.8, 4) is 5.75 Å². The van der Waals surface area contributed by atoms with Crippen LogP contribution < -0.4 is 9.46 Å². The Morgan fingerprint density at radius 3 is 2.82 bits per heavy atom. The molecule has 0 aliphatic rings. The lowest BCUT2D eigenvalue weighted by Gasteiger charge is -2.05. The van der Waals surface area contributed by atoms with Gasteiger partial charge in [0.2, 0.25) is 0 Å². The zero-order valence-electron chi connectivity index (χ0n) is 11.9. The third kappa shape index (κ3) is 3.64. The van der Waals surface area contributed by atoms with E-state index in [1.807, 2.05) is 0 Å². The van der Waals surface area contributed by atoms with Gasteiger partial charge in [0, 0.05) is 18.2 Å². The summed E-state index contributed by atoms with van der Waals surface area (Å²) in [6.07, 6.45) is 3.38. The molecule has 0 fully saturated rings. The largest absolute Gasteiger partial charge is 0.494 e. The average Bonchev–Trinajstić information content (AvgIpc) is 3.15. The second-order valence-corrected chi connectivity index (χ2v) is 7.15. The van der Waals surface area contributed by atoms with Crippen LogP contribution >= 0.6 is 11.3 Å². The molecule has 2 aromatic rings. The van der Waals surface area contributed by atoms with Gasteiger partial charge in [-0.2, -0.15) is 0 Å². The van der Waals surface area contributed by atoms with Crippen molar-refractivity contribution in [2.75, 3.05) is 20.8 Å². The lowest BCUT2D eigenvalue weighted by atomic mass is 10.3. The van der Waals surface area contributed by atoms with Gasteiger partial charge in [0.15, 0.2) is 9.96 Å². The fraction of sp³-hybridized carbons (Fsp3) is 0.333. The van der Waals surface area contributed by atoms with Crippen molar-refractivity contribution in [2.24, 2.45) is 0 Å². The van der Waals surface area contributed by atoms with Crippen LogP contribution in [0.1, 0.15) is 15.2 Å². The van der Waals surface area contributed by atoms with Crippen molar-refractivity contribution in [3.05, 3.63) is 29.0 Å². The normalized spacial score (nSPS) is 11.4. The van der Waals surface area contributed by atoms with Crippen molar-refractivity contribution in [1.82, 2.24) is 9.88 Å². The van der Waals surface area contributed by atoms with Crippen molar-refractivity contribution < 1.29 is 27.2 Å². The molecule has 0 radical (unpaired) electrons. The number of nitrogens with one attached hydrogen (secondary N) is 1. The van der Waals surface area contributed by atoms with Crippen molar-refractivity contribution in [3.63, 3.8) is 0 Å². The van der Waals surface area contributed by atoms with E-state index in [4.69, 9.17) is 4.74 Å². The lowest BCUT2D eigenvalue weighted by Crippen LogP contribution is -2.25. The minimum Gasteiger partial charge on any atom is -0.494 e. The Kier molecular flexibility index (Phi) is 5.16. The molecule has 1 N–H and O–H groups in total. The van der Waals surface area contributed by atoms with Crippen LogP contribution in [-0.2, 0) is 21.2 Å². The summed E-state index contributed by atoms with van der Waals surface area (Å²) in [5.41, 5.74) is 0.774. The number of aromatic nitrogens is 1. The molecule has 2 aromatic heterocycles. The van der Waals surface area contributed by atoms with Gasteiger partial charge in [-0.3, -0.25) is 0 Å². The predicted octanol–water partition coefficient (Wildman–Crippen LogP) is 1.05. The zero-order valence-corrected chi connectivity index (χ0v) is 13.5. The first-order valence-electron chi connectivity index (χ1n) is 6.12. The molecular weight excluding hydrogens is 332 g/mol. The van der Waals surface area contributed by atoms with Crippen LogP contribution in [0.5, 0.6) is 5.75 Å². The molecular formula is C12H14N2O6S2. The average molecular weight is 346 g/mol. The van der Waals surface area contributed by atoms with Crippen LogP contribution in [0.3, 0.4) is 0 Å². The van der Waals surface area contributed by atoms with E-state index in [0.29, 0.717) is 6.42 Å². The third-order valence-electron chi connectivity index (χ3n) is 2.71. The summed E-state index contributed by atoms with van der Waals surface area (Å²) in [7, 11) is -1.24. The minimum atomic E-state index is -3.79. The highest BCUT2D eigenvalue weighted by Crippen LogP contribution is 2.33. The number of thiophene rings is 1. The Balaban J connectivity index is 2.14. The van der Waals surface area contributed by atoms with Gasteiger partial charge in [-0.1, -0.05) is 5.16 Å². The molecule has 0 saturated carbocycles. The van der Waals surface area contributed by atoms with E-state index in [0.717, 1.165) is 16.9 Å². The van der Waals surface area contributed by atoms with E-state index >= 15 is 0 Å². The highest BCUT2D eigenvalue weighted by atomic mass is 32.2. The Hall–Kier alpha value is -1.91. The number of hydrogen-bond acceptors (Lipinski definition) is 8. The second-order valence-electron chi connectivity index (χ2n) is 4.14. The number of nitrogens with zero attached hydrogens (tertiary/aromatic N) is 1. The van der Waals surface area contributed by atoms with Crippen LogP contribution in [-0.4, -0.2) is 40.3 Å². The van der Waals surface area contributed by atoms with Gasteiger partial charge < -0.3 is 14.0 Å². The Morgan fingerprint density at radius 1 is 1.45 bits per heavy atom. The van der Waals surface area contributed by atoms with E-state index in [2.05, 4.69) is 19.1 Å². The molecule has 2 heterocycles. The number of methoxy groups -OCH3 is 2. The molecule has 0 aromatic carbocycles. The molecule has 0 bridgehead atoms. The lowest BCUT2D eigenvalue weighted by molar-refractivity contribution is 0.0606. The van der Waals surface area contributed by atoms with Crippen molar-refractivity contribution >= 4 is 27.3 Å². The smallest absolute Gasteiger partial charge is 0.348 e. The summed E-state index contributed by atoms with van der Waals surface area (Å²) in [6.45, 7) is 0.165. The summed E-state index contributed by atoms with van der Waals surface area (Å²) in [6, 6.07) is 1.34. The summed E-state index contributed by atoms with van der Waals surface area (Å²) in [5.74, 6) is -0.517. The SMILES string of the molecule is COC(=O)c1cc(OC)c(S(=O)(=O)NCCc2cnoc2)s1. The maximum Gasteiger partial charge on any atom is 0.348 e. The van der Waals surface area contributed by atoms with E-state index in [1.54, 1.807) is 0 Å². The topological polar surface area (TPSA) is 108 Å².